The van der Waals surface area contributed by atoms with Crippen LogP contribution in [-0.4, -0.2) is 52.2 Å². The molecule has 0 saturated heterocycles. The number of hydrogen-bond donors (Lipinski definition) is 6. The number of nitrogens with one attached hydrogen (secondary N) is 3. The van der Waals surface area contributed by atoms with Gasteiger partial charge >= 0.3 is 5.97 Å². The zero-order valence-electron chi connectivity index (χ0n) is 13.9. The quantitative estimate of drug-likeness (QED) is 0.192. The summed E-state index contributed by atoms with van der Waals surface area (Å²) in [5.74, 6) is -3.13. The lowest BCUT2D eigenvalue weighted by atomic mass is 10.1. The highest BCUT2D eigenvalue weighted by atomic mass is 16.5. The van der Waals surface area contributed by atoms with Gasteiger partial charge in [0.25, 0.3) is 11.8 Å². The van der Waals surface area contributed by atoms with E-state index in [0.717, 1.165) is 6.07 Å². The minimum absolute atomic E-state index is 0.0696. The third kappa shape index (κ3) is 7.18. The molecule has 0 unspecified atom stereocenters. The van der Waals surface area contributed by atoms with Gasteiger partial charge in [-0.05, 0) is 31.0 Å². The summed E-state index contributed by atoms with van der Waals surface area (Å²) in [6, 6.07) is 3.66. The first kappa shape index (κ1) is 20.9. The van der Waals surface area contributed by atoms with E-state index >= 15 is 0 Å². The Morgan fingerprint density at radius 1 is 0.923 bits per heavy atom. The fourth-order valence-corrected chi connectivity index (χ4v) is 2.02. The normalized spacial score (nSPS) is 10.0. The summed E-state index contributed by atoms with van der Waals surface area (Å²) in [6.45, 7) is 0.712. The third-order valence-corrected chi connectivity index (χ3v) is 3.38. The molecule has 0 bridgehead atoms. The van der Waals surface area contributed by atoms with Crippen molar-refractivity contribution < 1.29 is 34.6 Å². The number of benzene rings is 1. The Kier molecular flexibility index (Phi) is 8.58. The summed E-state index contributed by atoms with van der Waals surface area (Å²) in [4.78, 5) is 44.8. The van der Waals surface area contributed by atoms with Gasteiger partial charge in [-0.1, -0.05) is 0 Å². The number of rotatable bonds is 10. The first-order valence-electron chi connectivity index (χ1n) is 7.89. The molecule has 0 aliphatic rings. The van der Waals surface area contributed by atoms with Crippen LogP contribution >= 0.6 is 0 Å². The van der Waals surface area contributed by atoms with Gasteiger partial charge in [0.2, 0.25) is 5.91 Å². The van der Waals surface area contributed by atoms with E-state index in [1.165, 1.54) is 17.6 Å². The highest BCUT2D eigenvalue weighted by Gasteiger charge is 2.13. The number of carboxylic acids is 1. The monoisotopic (exact) mass is 367 g/mol. The SMILES string of the molecule is O=C(O)CCC(=O)NCCCCNC(=O)c1ccc(C(=O)NO)c(O)c1. The van der Waals surface area contributed by atoms with Crippen molar-refractivity contribution in [2.75, 3.05) is 13.1 Å². The fraction of sp³-hybridized carbons (Fsp3) is 0.375. The van der Waals surface area contributed by atoms with Gasteiger partial charge in [0, 0.05) is 25.1 Å². The first-order valence-corrected chi connectivity index (χ1v) is 7.89. The van der Waals surface area contributed by atoms with Crippen LogP contribution in [0.5, 0.6) is 5.75 Å². The van der Waals surface area contributed by atoms with E-state index < -0.39 is 23.5 Å². The Hall–Kier alpha value is -3.14. The van der Waals surface area contributed by atoms with E-state index in [9.17, 15) is 24.3 Å². The van der Waals surface area contributed by atoms with Gasteiger partial charge in [-0.2, -0.15) is 0 Å². The Morgan fingerprint density at radius 3 is 2.15 bits per heavy atom. The van der Waals surface area contributed by atoms with Crippen LogP contribution in [0.15, 0.2) is 18.2 Å². The molecule has 3 amide bonds. The van der Waals surface area contributed by atoms with Crippen LogP contribution in [0.25, 0.3) is 0 Å². The lowest BCUT2D eigenvalue weighted by Gasteiger charge is -2.08. The van der Waals surface area contributed by atoms with Gasteiger partial charge in [-0.25, -0.2) is 5.48 Å². The van der Waals surface area contributed by atoms with Gasteiger partial charge < -0.3 is 20.8 Å². The molecule has 0 heterocycles. The summed E-state index contributed by atoms with van der Waals surface area (Å²) in [6.07, 6.45) is 0.898. The Morgan fingerprint density at radius 2 is 1.58 bits per heavy atom. The second-order valence-electron chi connectivity index (χ2n) is 5.38. The van der Waals surface area contributed by atoms with Gasteiger partial charge in [0.05, 0.1) is 12.0 Å². The van der Waals surface area contributed by atoms with Crippen molar-refractivity contribution in [2.24, 2.45) is 0 Å². The van der Waals surface area contributed by atoms with Gasteiger partial charge in [0.1, 0.15) is 5.75 Å². The maximum atomic E-state index is 11.9. The molecule has 0 atom stereocenters. The maximum absolute atomic E-state index is 11.9. The number of carbonyl (C=O) groups excluding carboxylic acids is 3. The van der Waals surface area contributed by atoms with Crippen LogP contribution in [0, 0.1) is 0 Å². The fourth-order valence-electron chi connectivity index (χ4n) is 2.02. The van der Waals surface area contributed by atoms with Crippen LogP contribution in [0.1, 0.15) is 46.4 Å². The highest BCUT2D eigenvalue weighted by molar-refractivity contribution is 5.99. The molecule has 10 nitrogen and oxygen atoms in total. The molecule has 1 rings (SSSR count). The molecule has 0 aliphatic carbocycles. The number of hydroxylamine groups is 1. The minimum Gasteiger partial charge on any atom is -0.507 e. The molecule has 10 heteroatoms. The summed E-state index contributed by atoms with van der Waals surface area (Å²) >= 11 is 0. The van der Waals surface area contributed by atoms with E-state index in [2.05, 4.69) is 10.6 Å². The molecule has 26 heavy (non-hydrogen) atoms. The number of carboxylic acid groups (broad SMARTS) is 1. The van der Waals surface area contributed by atoms with Crippen LogP contribution in [0.4, 0.5) is 0 Å². The van der Waals surface area contributed by atoms with E-state index in [1.807, 2.05) is 0 Å². The summed E-state index contributed by atoms with van der Waals surface area (Å²) in [5, 5.41) is 31.9. The van der Waals surface area contributed by atoms with Crippen molar-refractivity contribution >= 4 is 23.7 Å². The predicted molar refractivity (Wildman–Crippen MR) is 88.8 cm³/mol. The summed E-state index contributed by atoms with van der Waals surface area (Å²) in [7, 11) is 0. The number of unbranched alkanes of at least 4 members (excludes halogenated alkanes) is 1. The molecule has 0 radical (unpaired) electrons. The largest absolute Gasteiger partial charge is 0.507 e. The molecular formula is C16H21N3O7. The number of aliphatic carboxylic acids is 1. The molecule has 1 aromatic rings. The van der Waals surface area contributed by atoms with Crippen molar-refractivity contribution in [3.63, 3.8) is 0 Å². The molecule has 0 fully saturated rings. The Bertz CT molecular complexity index is 676. The van der Waals surface area contributed by atoms with E-state index in [-0.39, 0.29) is 29.9 Å². The predicted octanol–water partition coefficient (Wildman–Crippen LogP) is 0.00220. The number of aromatic hydroxyl groups is 1. The Balaban J connectivity index is 2.28. The molecule has 0 aromatic heterocycles. The number of phenolic OH excluding ortho intramolecular Hbond substituents is 1. The maximum Gasteiger partial charge on any atom is 0.303 e. The second kappa shape index (κ2) is 10.7. The van der Waals surface area contributed by atoms with Crippen molar-refractivity contribution in [3.05, 3.63) is 29.3 Å². The minimum atomic E-state index is -1.03. The number of amides is 3. The lowest BCUT2D eigenvalue weighted by Crippen LogP contribution is -2.27. The van der Waals surface area contributed by atoms with Crippen molar-refractivity contribution in [1.82, 2.24) is 16.1 Å². The van der Waals surface area contributed by atoms with Gasteiger partial charge in [0.15, 0.2) is 0 Å². The van der Waals surface area contributed by atoms with Gasteiger partial charge in [-0.3, -0.25) is 24.4 Å². The third-order valence-electron chi connectivity index (χ3n) is 3.38. The summed E-state index contributed by atoms with van der Waals surface area (Å²) in [5.41, 5.74) is 1.38. The molecule has 0 saturated carbocycles. The zero-order valence-corrected chi connectivity index (χ0v) is 13.9. The van der Waals surface area contributed by atoms with E-state index in [0.29, 0.717) is 25.9 Å². The van der Waals surface area contributed by atoms with Crippen molar-refractivity contribution in [3.8, 4) is 5.75 Å². The van der Waals surface area contributed by atoms with Crippen LogP contribution in [0.3, 0.4) is 0 Å². The average molecular weight is 367 g/mol. The molecule has 142 valence electrons. The van der Waals surface area contributed by atoms with E-state index in [1.54, 1.807) is 0 Å². The summed E-state index contributed by atoms with van der Waals surface area (Å²) < 4.78 is 0. The van der Waals surface area contributed by atoms with Crippen molar-refractivity contribution in [1.29, 1.82) is 0 Å². The first-order chi connectivity index (χ1) is 12.3. The Labute approximate surface area is 149 Å². The number of phenols is 1. The molecule has 0 spiro atoms. The second-order valence-corrected chi connectivity index (χ2v) is 5.38. The number of carbonyl (C=O) groups is 4. The molecule has 6 N–H and O–H groups in total. The lowest BCUT2D eigenvalue weighted by molar-refractivity contribution is -0.138. The highest BCUT2D eigenvalue weighted by Crippen LogP contribution is 2.18. The van der Waals surface area contributed by atoms with Crippen LogP contribution < -0.4 is 16.1 Å². The van der Waals surface area contributed by atoms with Crippen molar-refractivity contribution in [2.45, 2.75) is 25.7 Å². The van der Waals surface area contributed by atoms with Crippen LogP contribution in [0.2, 0.25) is 0 Å². The van der Waals surface area contributed by atoms with E-state index in [4.69, 9.17) is 10.3 Å². The molecule has 1 aromatic carbocycles. The van der Waals surface area contributed by atoms with Gasteiger partial charge in [-0.15, -0.1) is 0 Å². The zero-order chi connectivity index (χ0) is 19.5. The molecule has 0 aliphatic heterocycles. The smallest absolute Gasteiger partial charge is 0.303 e. The standard InChI is InChI=1S/C16H21N3O7/c20-12-9-10(3-4-11(12)16(25)19-26)15(24)18-8-2-1-7-17-13(21)5-6-14(22)23/h3-4,9,20,26H,1-2,5-8H2,(H,17,21)(H,18,24)(H,19,25)(H,22,23). The average Bonchev–Trinajstić information content (AvgIpc) is 2.61. The molecular weight excluding hydrogens is 346 g/mol. The topological polar surface area (TPSA) is 165 Å². The number of hydrogen-bond acceptors (Lipinski definition) is 6. The van der Waals surface area contributed by atoms with Crippen LogP contribution in [-0.2, 0) is 9.59 Å².